The van der Waals surface area contributed by atoms with Gasteiger partial charge < -0.3 is 9.13 Å². The van der Waals surface area contributed by atoms with Crippen molar-refractivity contribution < 1.29 is 0 Å². The van der Waals surface area contributed by atoms with Crippen molar-refractivity contribution in [3.63, 3.8) is 0 Å². The van der Waals surface area contributed by atoms with Gasteiger partial charge in [-0.1, -0.05) is 115 Å². The van der Waals surface area contributed by atoms with Gasteiger partial charge >= 0.3 is 0 Å². The second kappa shape index (κ2) is 9.95. The van der Waals surface area contributed by atoms with E-state index in [0.717, 1.165) is 25.7 Å². The van der Waals surface area contributed by atoms with E-state index >= 15 is 0 Å². The maximum Gasteiger partial charge on any atom is 0.0620 e. The van der Waals surface area contributed by atoms with E-state index in [-0.39, 0.29) is 0 Å². The molecule has 0 unspecified atom stereocenters. The summed E-state index contributed by atoms with van der Waals surface area (Å²) < 4.78 is 5.12. The van der Waals surface area contributed by atoms with Crippen molar-refractivity contribution in [1.82, 2.24) is 9.13 Å². The van der Waals surface area contributed by atoms with E-state index < -0.39 is 0 Å². The molecule has 0 N–H and O–H groups in total. The van der Waals surface area contributed by atoms with Gasteiger partial charge in [0.05, 0.1) is 22.4 Å². The predicted octanol–water partition coefficient (Wildman–Crippen LogP) is 11.5. The van der Waals surface area contributed by atoms with Crippen molar-refractivity contribution in [2.75, 3.05) is 0 Å². The minimum absolute atomic E-state index is 1.11. The SMILES string of the molecule is C1=Cc2c(c3c(n2-c2c4ccccc4c(-n4c5ccccc5c5ccccc54)c4ccc(-c5ccccc5)cc24)C=CCC3)CC1. The molecule has 2 nitrogen and oxygen atoms in total. The van der Waals surface area contributed by atoms with E-state index in [1.165, 1.54) is 88.4 Å². The molecule has 8 aromatic rings. The molecule has 2 aliphatic rings. The molecule has 0 fully saturated rings. The van der Waals surface area contributed by atoms with Crippen LogP contribution in [0.3, 0.4) is 0 Å². The summed E-state index contributed by atoms with van der Waals surface area (Å²) in [7, 11) is 0. The van der Waals surface area contributed by atoms with Crippen LogP contribution in [-0.4, -0.2) is 9.13 Å². The fourth-order valence-corrected chi connectivity index (χ4v) is 8.29. The lowest BCUT2D eigenvalue weighted by Crippen LogP contribution is -2.07. The van der Waals surface area contributed by atoms with Crippen LogP contribution in [0, 0.1) is 0 Å². The highest BCUT2D eigenvalue weighted by Crippen LogP contribution is 2.45. The highest BCUT2D eigenvalue weighted by molar-refractivity contribution is 6.19. The first-order chi connectivity index (χ1) is 22.9. The Balaban J connectivity index is 1.43. The molecule has 0 saturated carbocycles. The number of hydrogen-bond donors (Lipinski definition) is 0. The number of nitrogens with zero attached hydrogens (tertiary/aromatic N) is 2. The molecule has 10 rings (SSSR count). The predicted molar refractivity (Wildman–Crippen MR) is 195 cm³/mol. The first kappa shape index (κ1) is 25.7. The number of hydrogen-bond acceptors (Lipinski definition) is 0. The topological polar surface area (TPSA) is 9.86 Å². The maximum atomic E-state index is 2.60. The van der Waals surface area contributed by atoms with Crippen molar-refractivity contribution in [3.05, 3.63) is 156 Å². The van der Waals surface area contributed by atoms with Crippen LogP contribution in [-0.2, 0) is 12.8 Å². The molecule has 2 aliphatic carbocycles. The monoisotopic (exact) mass is 588 g/mol. The van der Waals surface area contributed by atoms with Gasteiger partial charge in [-0.3, -0.25) is 0 Å². The summed E-state index contributed by atoms with van der Waals surface area (Å²) in [5, 5.41) is 7.63. The van der Waals surface area contributed by atoms with Crippen molar-refractivity contribution in [2.45, 2.75) is 25.7 Å². The third kappa shape index (κ3) is 3.59. The zero-order valence-electron chi connectivity index (χ0n) is 25.6. The molecule has 2 heterocycles. The third-order valence-corrected chi connectivity index (χ3v) is 10.2. The second-order valence-corrected chi connectivity index (χ2v) is 12.7. The average molecular weight is 589 g/mol. The fraction of sp³-hybridized carbons (Fsp3) is 0.0909. The van der Waals surface area contributed by atoms with Crippen molar-refractivity contribution in [3.8, 4) is 22.5 Å². The smallest absolute Gasteiger partial charge is 0.0620 e. The Morgan fingerprint density at radius 3 is 1.50 bits per heavy atom. The Labute approximate surface area is 268 Å². The Morgan fingerprint density at radius 1 is 0.391 bits per heavy atom. The van der Waals surface area contributed by atoms with Crippen molar-refractivity contribution >= 4 is 55.5 Å². The zero-order chi connectivity index (χ0) is 30.2. The van der Waals surface area contributed by atoms with E-state index in [2.05, 4.69) is 155 Å². The third-order valence-electron chi connectivity index (χ3n) is 10.2. The number of aromatic nitrogens is 2. The molecule has 218 valence electrons. The van der Waals surface area contributed by atoms with Gasteiger partial charge in [-0.15, -0.1) is 0 Å². The van der Waals surface area contributed by atoms with E-state index in [4.69, 9.17) is 0 Å². The van der Waals surface area contributed by atoms with Crippen LogP contribution in [0.5, 0.6) is 0 Å². The molecule has 2 aromatic heterocycles. The quantitative estimate of drug-likeness (QED) is 0.182. The molecule has 0 bridgehead atoms. The summed E-state index contributed by atoms with van der Waals surface area (Å²) in [6, 6.07) is 44.8. The Morgan fingerprint density at radius 2 is 0.891 bits per heavy atom. The van der Waals surface area contributed by atoms with Crippen molar-refractivity contribution in [1.29, 1.82) is 0 Å². The maximum absolute atomic E-state index is 2.60. The standard InChI is InChI=1S/C44H32N2/c1-2-14-29(15-3-1)30-26-27-37-38(28-30)44(46-41-24-12-8-18-33(41)34-19-9-13-25-42(34)46)36-21-5-4-20-35(36)43(37)45-39-22-10-6-16-31(39)32-17-7-11-23-40(32)45/h1-7,10-17,20-28H,8-9,18-19H2. The normalized spacial score (nSPS) is 14.0. The minimum atomic E-state index is 1.11. The van der Waals surface area contributed by atoms with Gasteiger partial charge in [0, 0.05) is 43.7 Å². The Kier molecular flexibility index (Phi) is 5.56. The van der Waals surface area contributed by atoms with E-state index in [9.17, 15) is 0 Å². The molecular weight excluding hydrogens is 556 g/mol. The lowest BCUT2D eigenvalue weighted by molar-refractivity contribution is 0.922. The molecule has 2 heteroatoms. The lowest BCUT2D eigenvalue weighted by atomic mass is 9.94. The molecule has 0 amide bonds. The van der Waals surface area contributed by atoms with Gasteiger partial charge in [-0.2, -0.15) is 0 Å². The van der Waals surface area contributed by atoms with Crippen LogP contribution in [0.4, 0.5) is 0 Å². The fourth-order valence-electron chi connectivity index (χ4n) is 8.29. The molecule has 0 saturated heterocycles. The van der Waals surface area contributed by atoms with Gasteiger partial charge in [0.1, 0.15) is 0 Å². The lowest BCUT2D eigenvalue weighted by Gasteiger charge is -2.23. The highest BCUT2D eigenvalue weighted by atomic mass is 15.0. The summed E-state index contributed by atoms with van der Waals surface area (Å²) in [5.74, 6) is 0. The molecule has 6 aromatic carbocycles. The van der Waals surface area contributed by atoms with Crippen LogP contribution in [0.25, 0.3) is 78.0 Å². The minimum Gasteiger partial charge on any atom is -0.309 e. The summed E-state index contributed by atoms with van der Waals surface area (Å²) in [5.41, 5.74) is 13.2. The number of rotatable bonds is 3. The summed E-state index contributed by atoms with van der Waals surface area (Å²) in [6.07, 6.45) is 13.9. The molecular formula is C44H32N2. The van der Waals surface area contributed by atoms with Gasteiger partial charge in [-0.05, 0) is 78.3 Å². The number of fused-ring (bicyclic) bond motifs is 8. The summed E-state index contributed by atoms with van der Waals surface area (Å²) in [4.78, 5) is 0. The average Bonchev–Trinajstić information content (AvgIpc) is 3.64. The van der Waals surface area contributed by atoms with Crippen LogP contribution >= 0.6 is 0 Å². The van der Waals surface area contributed by atoms with Crippen LogP contribution in [0.15, 0.2) is 133 Å². The van der Waals surface area contributed by atoms with Gasteiger partial charge in [0.25, 0.3) is 0 Å². The van der Waals surface area contributed by atoms with Crippen molar-refractivity contribution in [2.24, 2.45) is 0 Å². The second-order valence-electron chi connectivity index (χ2n) is 12.7. The first-order valence-electron chi connectivity index (χ1n) is 16.5. The number of para-hydroxylation sites is 2. The van der Waals surface area contributed by atoms with Gasteiger partial charge in [-0.25, -0.2) is 0 Å². The summed E-state index contributed by atoms with van der Waals surface area (Å²) in [6.45, 7) is 0. The molecule has 46 heavy (non-hydrogen) atoms. The molecule has 0 atom stereocenters. The van der Waals surface area contributed by atoms with Crippen LogP contribution in [0.1, 0.15) is 35.4 Å². The van der Waals surface area contributed by atoms with E-state index in [1.54, 1.807) is 0 Å². The number of allylic oxidation sites excluding steroid dienone is 2. The largest absolute Gasteiger partial charge is 0.309 e. The zero-order valence-corrected chi connectivity index (χ0v) is 25.6. The van der Waals surface area contributed by atoms with E-state index in [1.807, 2.05) is 0 Å². The van der Waals surface area contributed by atoms with E-state index in [0.29, 0.717) is 0 Å². The van der Waals surface area contributed by atoms with Crippen LogP contribution in [0.2, 0.25) is 0 Å². The number of benzene rings is 6. The van der Waals surface area contributed by atoms with Gasteiger partial charge in [0.2, 0.25) is 0 Å². The van der Waals surface area contributed by atoms with Gasteiger partial charge in [0.15, 0.2) is 0 Å². The Hall–Kier alpha value is -5.60. The Bertz CT molecular complexity index is 2480. The molecule has 0 aliphatic heterocycles. The summed E-state index contributed by atoms with van der Waals surface area (Å²) >= 11 is 0. The van der Waals surface area contributed by atoms with Crippen LogP contribution < -0.4 is 0 Å². The molecule has 0 radical (unpaired) electrons. The highest BCUT2D eigenvalue weighted by Gasteiger charge is 2.27. The first-order valence-corrected chi connectivity index (χ1v) is 16.5. The molecule has 0 spiro atoms.